The minimum atomic E-state index is -0.448. The first-order valence-electron chi connectivity index (χ1n) is 6.40. The van der Waals surface area contributed by atoms with Gasteiger partial charge >= 0.3 is 6.09 Å². The number of rotatable bonds is 3. The lowest BCUT2D eigenvalue weighted by molar-refractivity contribution is 0.0291. The van der Waals surface area contributed by atoms with Crippen molar-refractivity contribution in [3.05, 3.63) is 0 Å². The molecule has 0 aliphatic carbocycles. The van der Waals surface area contributed by atoms with E-state index in [0.717, 1.165) is 25.9 Å². The van der Waals surface area contributed by atoms with Crippen molar-refractivity contribution in [3.63, 3.8) is 0 Å². The van der Waals surface area contributed by atoms with Gasteiger partial charge in [0.1, 0.15) is 5.60 Å². The minimum absolute atomic E-state index is 0.280. The topological polar surface area (TPSA) is 56.6 Å². The van der Waals surface area contributed by atoms with Crippen molar-refractivity contribution in [2.24, 2.45) is 5.92 Å². The highest BCUT2D eigenvalue weighted by molar-refractivity contribution is 5.67. The molecule has 1 heterocycles. The third-order valence-electron chi connectivity index (χ3n) is 3.01. The Morgan fingerprint density at radius 3 is 2.72 bits per heavy atom. The average Bonchev–Trinajstić information content (AvgIpc) is 2.71. The summed E-state index contributed by atoms with van der Waals surface area (Å²) in [4.78, 5) is 15.1. The van der Waals surface area contributed by atoms with Crippen LogP contribution in [0.25, 0.3) is 0 Å². The third-order valence-corrected chi connectivity index (χ3v) is 3.01. The second-order valence-electron chi connectivity index (χ2n) is 5.89. The Labute approximate surface area is 109 Å². The summed E-state index contributed by atoms with van der Waals surface area (Å²) >= 11 is 0. The monoisotopic (exact) mass is 253 g/mol. The van der Waals surface area contributed by atoms with Crippen LogP contribution in [0.5, 0.6) is 0 Å². The molecular formula is C13H23N3O2. The van der Waals surface area contributed by atoms with Crippen molar-refractivity contribution in [2.75, 3.05) is 26.7 Å². The maximum atomic E-state index is 11.7. The van der Waals surface area contributed by atoms with Crippen LogP contribution in [0, 0.1) is 17.4 Å². The van der Waals surface area contributed by atoms with Gasteiger partial charge < -0.3 is 14.5 Å². The van der Waals surface area contributed by atoms with E-state index in [1.165, 1.54) is 0 Å². The molecule has 1 aliphatic rings. The predicted octanol–water partition coefficient (Wildman–Crippen LogP) is 2.05. The number of hydrogen-bond acceptors (Lipinski definition) is 4. The first kappa shape index (κ1) is 14.6. The van der Waals surface area contributed by atoms with Gasteiger partial charge in [-0.3, -0.25) is 0 Å². The van der Waals surface area contributed by atoms with Crippen LogP contribution < -0.4 is 0 Å². The van der Waals surface area contributed by atoms with Crippen molar-refractivity contribution in [1.29, 1.82) is 5.26 Å². The molecule has 0 aromatic carbocycles. The zero-order chi connectivity index (χ0) is 13.8. The molecule has 5 nitrogen and oxygen atoms in total. The van der Waals surface area contributed by atoms with Crippen molar-refractivity contribution in [3.8, 4) is 6.19 Å². The van der Waals surface area contributed by atoms with E-state index in [-0.39, 0.29) is 6.09 Å². The molecule has 1 unspecified atom stereocenters. The van der Waals surface area contributed by atoms with Gasteiger partial charge in [0, 0.05) is 26.7 Å². The Bertz CT molecular complexity index is 330. The van der Waals surface area contributed by atoms with Crippen LogP contribution in [0.2, 0.25) is 0 Å². The van der Waals surface area contributed by atoms with Gasteiger partial charge in [-0.05, 0) is 39.5 Å². The average molecular weight is 253 g/mol. The second kappa shape index (κ2) is 5.94. The number of nitriles is 1. The Hall–Kier alpha value is -1.44. The van der Waals surface area contributed by atoms with Crippen LogP contribution in [0.15, 0.2) is 0 Å². The summed E-state index contributed by atoms with van der Waals surface area (Å²) in [6.07, 6.45) is 3.85. The van der Waals surface area contributed by atoms with Gasteiger partial charge in [-0.1, -0.05) is 0 Å². The Kier molecular flexibility index (Phi) is 4.83. The summed E-state index contributed by atoms with van der Waals surface area (Å²) in [6, 6.07) is 0. The fourth-order valence-corrected chi connectivity index (χ4v) is 1.97. The number of ether oxygens (including phenoxy) is 1. The smallest absolute Gasteiger partial charge is 0.410 e. The van der Waals surface area contributed by atoms with E-state index in [9.17, 15) is 4.79 Å². The van der Waals surface area contributed by atoms with Crippen LogP contribution in [-0.4, -0.2) is 48.2 Å². The fourth-order valence-electron chi connectivity index (χ4n) is 1.97. The highest BCUT2D eigenvalue weighted by atomic mass is 16.6. The van der Waals surface area contributed by atoms with E-state index in [1.54, 1.807) is 16.8 Å². The summed E-state index contributed by atoms with van der Waals surface area (Å²) in [7, 11) is 1.76. The molecule has 0 spiro atoms. The standard InChI is InChI=1S/C13H23N3O2/c1-13(2,3)18-12(17)15(4)7-5-11-6-8-16(9-11)10-14/h11H,5-9H2,1-4H3. The number of carbonyl (C=O) groups excluding carboxylic acids is 1. The molecule has 1 rings (SSSR count). The first-order chi connectivity index (χ1) is 8.31. The zero-order valence-corrected chi connectivity index (χ0v) is 11.8. The second-order valence-corrected chi connectivity index (χ2v) is 5.89. The van der Waals surface area contributed by atoms with E-state index in [0.29, 0.717) is 12.5 Å². The SMILES string of the molecule is CN(CCC1CCN(C#N)C1)C(=O)OC(C)(C)C. The summed E-state index contributed by atoms with van der Waals surface area (Å²) in [5, 5.41) is 8.77. The molecule has 5 heteroatoms. The van der Waals surface area contributed by atoms with Crippen LogP contribution in [-0.2, 0) is 4.74 Å². The molecule has 0 saturated carbocycles. The van der Waals surface area contributed by atoms with Crippen LogP contribution in [0.1, 0.15) is 33.6 Å². The molecule has 102 valence electrons. The van der Waals surface area contributed by atoms with Crippen molar-refractivity contribution in [1.82, 2.24) is 9.80 Å². The zero-order valence-electron chi connectivity index (χ0n) is 11.8. The summed E-state index contributed by atoms with van der Waals surface area (Å²) < 4.78 is 5.28. The molecule has 0 N–H and O–H groups in total. The molecule has 1 aliphatic heterocycles. The summed E-state index contributed by atoms with van der Waals surface area (Å²) in [6.45, 7) is 7.93. The Morgan fingerprint density at radius 2 is 2.22 bits per heavy atom. The van der Waals surface area contributed by atoms with Gasteiger partial charge in [0.05, 0.1) is 0 Å². The van der Waals surface area contributed by atoms with E-state index in [1.807, 2.05) is 20.8 Å². The van der Waals surface area contributed by atoms with Crippen molar-refractivity contribution >= 4 is 6.09 Å². The quantitative estimate of drug-likeness (QED) is 0.722. The van der Waals surface area contributed by atoms with Crippen molar-refractivity contribution < 1.29 is 9.53 Å². The van der Waals surface area contributed by atoms with Crippen LogP contribution >= 0.6 is 0 Å². The molecule has 1 fully saturated rings. The van der Waals surface area contributed by atoms with E-state index >= 15 is 0 Å². The number of nitrogens with zero attached hydrogens (tertiary/aromatic N) is 3. The maximum absolute atomic E-state index is 11.7. The van der Waals surface area contributed by atoms with Crippen molar-refractivity contribution in [2.45, 2.75) is 39.2 Å². The molecule has 0 aromatic heterocycles. The molecule has 0 radical (unpaired) electrons. The van der Waals surface area contributed by atoms with Crippen LogP contribution in [0.3, 0.4) is 0 Å². The number of amides is 1. The Morgan fingerprint density at radius 1 is 1.56 bits per heavy atom. The third kappa shape index (κ3) is 4.82. The lowest BCUT2D eigenvalue weighted by atomic mass is 10.1. The molecule has 18 heavy (non-hydrogen) atoms. The molecule has 0 aromatic rings. The van der Waals surface area contributed by atoms with Gasteiger partial charge in [0.2, 0.25) is 0 Å². The molecular weight excluding hydrogens is 230 g/mol. The molecule has 1 atom stereocenters. The van der Waals surface area contributed by atoms with Gasteiger partial charge in [-0.2, -0.15) is 5.26 Å². The molecule has 1 amide bonds. The number of likely N-dealkylation sites (tertiary alicyclic amines) is 1. The normalized spacial score (nSPS) is 19.5. The van der Waals surface area contributed by atoms with Gasteiger partial charge in [0.25, 0.3) is 0 Å². The molecule has 1 saturated heterocycles. The summed E-state index contributed by atoms with van der Waals surface area (Å²) in [5.41, 5.74) is -0.448. The van der Waals surface area contributed by atoms with E-state index in [4.69, 9.17) is 10.00 Å². The van der Waals surface area contributed by atoms with E-state index < -0.39 is 5.60 Å². The largest absolute Gasteiger partial charge is 0.444 e. The number of hydrogen-bond donors (Lipinski definition) is 0. The highest BCUT2D eigenvalue weighted by Gasteiger charge is 2.24. The maximum Gasteiger partial charge on any atom is 0.410 e. The Balaban J connectivity index is 2.27. The fraction of sp³-hybridized carbons (Fsp3) is 0.846. The van der Waals surface area contributed by atoms with Crippen LogP contribution in [0.4, 0.5) is 4.79 Å². The van der Waals surface area contributed by atoms with Gasteiger partial charge in [-0.25, -0.2) is 4.79 Å². The van der Waals surface area contributed by atoms with Gasteiger partial charge in [-0.15, -0.1) is 0 Å². The summed E-state index contributed by atoms with van der Waals surface area (Å²) in [5.74, 6) is 0.509. The van der Waals surface area contributed by atoms with E-state index in [2.05, 4.69) is 6.19 Å². The predicted molar refractivity (Wildman–Crippen MR) is 68.8 cm³/mol. The lowest BCUT2D eigenvalue weighted by Gasteiger charge is -2.25. The number of carbonyl (C=O) groups is 1. The minimum Gasteiger partial charge on any atom is -0.444 e. The lowest BCUT2D eigenvalue weighted by Crippen LogP contribution is -2.35. The highest BCUT2D eigenvalue weighted by Crippen LogP contribution is 2.19. The van der Waals surface area contributed by atoms with Gasteiger partial charge in [0.15, 0.2) is 6.19 Å². The molecule has 0 bridgehead atoms. The first-order valence-corrected chi connectivity index (χ1v) is 6.40.